The molecule has 2 aromatic rings. The largest absolute Gasteiger partial charge is 0.293 e. The topological polar surface area (TPSA) is 17.1 Å². The molecular weight excluding hydrogens is 240 g/mol. The second kappa shape index (κ2) is 4.81. The van der Waals surface area contributed by atoms with Crippen LogP contribution < -0.4 is 0 Å². The molecule has 0 N–H and O–H groups in total. The first kappa shape index (κ1) is 11.4. The molecule has 0 atom stereocenters. The van der Waals surface area contributed by atoms with Crippen molar-refractivity contribution in [1.82, 2.24) is 0 Å². The average Bonchev–Trinajstić information content (AvgIpc) is 2.64. The third-order valence-electron chi connectivity index (χ3n) is 2.32. The van der Waals surface area contributed by atoms with Gasteiger partial charge in [0.15, 0.2) is 5.78 Å². The first-order valence-corrected chi connectivity index (χ1v) is 6.24. The van der Waals surface area contributed by atoms with Crippen LogP contribution in [0.25, 0.3) is 0 Å². The highest BCUT2D eigenvalue weighted by molar-refractivity contribution is 7.12. The molecule has 0 aliphatic carbocycles. The zero-order valence-electron chi connectivity index (χ0n) is 8.87. The van der Waals surface area contributed by atoms with E-state index in [1.807, 2.05) is 36.6 Å². The highest BCUT2D eigenvalue weighted by Gasteiger charge is 2.12. The van der Waals surface area contributed by atoms with E-state index in [0.29, 0.717) is 16.3 Å². The lowest BCUT2D eigenvalue weighted by molar-refractivity contribution is 0.0997. The number of thiophene rings is 1. The van der Waals surface area contributed by atoms with Gasteiger partial charge in [-0.1, -0.05) is 41.4 Å². The summed E-state index contributed by atoms with van der Waals surface area (Å²) in [4.78, 5) is 12.6. The van der Waals surface area contributed by atoms with E-state index >= 15 is 0 Å². The highest BCUT2D eigenvalue weighted by atomic mass is 35.5. The minimum atomic E-state index is 0.0885. The Balaban J connectivity index is 2.17. The van der Waals surface area contributed by atoms with E-state index in [9.17, 15) is 4.79 Å². The monoisotopic (exact) mass is 250 g/mol. The van der Waals surface area contributed by atoms with Crippen LogP contribution in [-0.4, -0.2) is 5.78 Å². The van der Waals surface area contributed by atoms with Crippen LogP contribution in [0, 0.1) is 6.92 Å². The molecule has 0 saturated heterocycles. The van der Waals surface area contributed by atoms with Gasteiger partial charge < -0.3 is 0 Å². The summed E-state index contributed by atoms with van der Waals surface area (Å²) in [6.45, 7) is 2.02. The normalized spacial score (nSPS) is 10.4. The smallest absolute Gasteiger partial charge is 0.178 e. The maximum atomic E-state index is 11.9. The summed E-state index contributed by atoms with van der Waals surface area (Å²) in [6.07, 6.45) is 0.419. The summed E-state index contributed by atoms with van der Waals surface area (Å²) in [6, 6.07) is 9.74. The van der Waals surface area contributed by atoms with E-state index < -0.39 is 0 Å². The number of carbonyl (C=O) groups excluding carboxylic acids is 1. The van der Waals surface area contributed by atoms with E-state index in [2.05, 4.69) is 0 Å². The number of Topliss-reactive ketones (excluding diaryl/α,β-unsaturated/α-hetero) is 1. The Hall–Kier alpha value is -1.12. The van der Waals surface area contributed by atoms with Gasteiger partial charge in [0.1, 0.15) is 0 Å². The summed E-state index contributed by atoms with van der Waals surface area (Å²) in [7, 11) is 0. The quantitative estimate of drug-likeness (QED) is 0.749. The molecule has 0 amide bonds. The molecule has 1 aromatic carbocycles. The van der Waals surface area contributed by atoms with Gasteiger partial charge in [-0.2, -0.15) is 0 Å². The third-order valence-corrected chi connectivity index (χ3v) is 3.70. The lowest BCUT2D eigenvalue weighted by Gasteiger charge is -2.01. The predicted molar refractivity (Wildman–Crippen MR) is 68.5 cm³/mol. The molecule has 16 heavy (non-hydrogen) atoms. The number of ketones is 1. The van der Waals surface area contributed by atoms with Crippen molar-refractivity contribution in [1.29, 1.82) is 0 Å². The van der Waals surface area contributed by atoms with E-state index in [0.717, 1.165) is 5.56 Å². The van der Waals surface area contributed by atoms with Crippen LogP contribution in [-0.2, 0) is 6.42 Å². The van der Waals surface area contributed by atoms with Crippen molar-refractivity contribution < 1.29 is 4.79 Å². The van der Waals surface area contributed by atoms with Crippen LogP contribution in [0.5, 0.6) is 0 Å². The minimum Gasteiger partial charge on any atom is -0.293 e. The second-order valence-electron chi connectivity index (χ2n) is 3.69. The fourth-order valence-corrected chi connectivity index (χ4v) is 2.68. The van der Waals surface area contributed by atoms with Crippen LogP contribution in [0.4, 0.5) is 0 Å². The van der Waals surface area contributed by atoms with E-state index in [4.69, 9.17) is 11.6 Å². The van der Waals surface area contributed by atoms with Crippen LogP contribution in [0.2, 0.25) is 5.02 Å². The predicted octanol–water partition coefficient (Wildman–Crippen LogP) is 4.14. The maximum Gasteiger partial charge on any atom is 0.178 e. The molecule has 1 heterocycles. The van der Waals surface area contributed by atoms with Gasteiger partial charge in [-0.05, 0) is 23.9 Å². The van der Waals surface area contributed by atoms with Gasteiger partial charge in [-0.15, -0.1) is 11.3 Å². The van der Waals surface area contributed by atoms with Gasteiger partial charge in [-0.25, -0.2) is 0 Å². The Morgan fingerprint density at radius 1 is 1.38 bits per heavy atom. The average molecular weight is 251 g/mol. The lowest BCUT2D eigenvalue weighted by Crippen LogP contribution is -2.01. The van der Waals surface area contributed by atoms with Crippen molar-refractivity contribution in [2.45, 2.75) is 13.3 Å². The number of carbonyl (C=O) groups is 1. The molecule has 3 heteroatoms. The molecule has 82 valence electrons. The summed E-state index contributed by atoms with van der Waals surface area (Å²) < 4.78 is 0. The lowest BCUT2D eigenvalue weighted by atomic mass is 10.1. The van der Waals surface area contributed by atoms with Crippen molar-refractivity contribution in [3.05, 3.63) is 56.7 Å². The Morgan fingerprint density at radius 3 is 2.81 bits per heavy atom. The van der Waals surface area contributed by atoms with Gasteiger partial charge in [0, 0.05) is 6.42 Å². The molecule has 0 spiro atoms. The zero-order valence-corrected chi connectivity index (χ0v) is 10.4. The van der Waals surface area contributed by atoms with E-state index in [-0.39, 0.29) is 5.78 Å². The summed E-state index contributed by atoms with van der Waals surface area (Å²) in [5.41, 5.74) is 2.21. The minimum absolute atomic E-state index is 0.0885. The molecule has 0 aliphatic heterocycles. The molecule has 0 radical (unpaired) electrons. The van der Waals surface area contributed by atoms with Gasteiger partial charge in [0.2, 0.25) is 0 Å². The van der Waals surface area contributed by atoms with Crippen molar-refractivity contribution in [3.8, 4) is 0 Å². The van der Waals surface area contributed by atoms with Crippen LogP contribution in [0.3, 0.4) is 0 Å². The number of hydrogen-bond acceptors (Lipinski definition) is 2. The summed E-state index contributed by atoms with van der Waals surface area (Å²) >= 11 is 7.32. The van der Waals surface area contributed by atoms with E-state index in [1.165, 1.54) is 16.9 Å². The standard InChI is InChI=1S/C13H11ClOS/c1-9-3-2-4-10(7-9)8-12(15)13-11(14)5-6-16-13/h2-7H,8H2,1H3. The van der Waals surface area contributed by atoms with E-state index in [1.54, 1.807) is 6.07 Å². The maximum absolute atomic E-state index is 11.9. The van der Waals surface area contributed by atoms with Crippen LogP contribution in [0.15, 0.2) is 35.7 Å². The van der Waals surface area contributed by atoms with Gasteiger partial charge in [0.25, 0.3) is 0 Å². The third kappa shape index (κ3) is 2.52. The Morgan fingerprint density at radius 2 is 2.19 bits per heavy atom. The van der Waals surface area contributed by atoms with Crippen molar-refractivity contribution >= 4 is 28.7 Å². The molecule has 0 unspecified atom stereocenters. The fourth-order valence-electron chi connectivity index (χ4n) is 1.58. The number of halogens is 1. The number of aryl methyl sites for hydroxylation is 1. The molecule has 0 aliphatic rings. The summed E-state index contributed by atoms with van der Waals surface area (Å²) in [5, 5.41) is 2.40. The molecule has 0 bridgehead atoms. The SMILES string of the molecule is Cc1cccc(CC(=O)c2sccc2Cl)c1. The molecule has 0 saturated carbocycles. The molecular formula is C13H11ClOS. The zero-order chi connectivity index (χ0) is 11.5. The van der Waals surface area contributed by atoms with Crippen molar-refractivity contribution in [2.75, 3.05) is 0 Å². The van der Waals surface area contributed by atoms with Crippen molar-refractivity contribution in [3.63, 3.8) is 0 Å². The number of hydrogen-bond donors (Lipinski definition) is 0. The second-order valence-corrected chi connectivity index (χ2v) is 5.01. The molecule has 1 aromatic heterocycles. The van der Waals surface area contributed by atoms with Crippen LogP contribution in [0.1, 0.15) is 20.8 Å². The highest BCUT2D eigenvalue weighted by Crippen LogP contribution is 2.23. The molecule has 2 rings (SSSR count). The molecule has 0 fully saturated rings. The molecule has 1 nitrogen and oxygen atoms in total. The fraction of sp³-hybridized carbons (Fsp3) is 0.154. The van der Waals surface area contributed by atoms with Gasteiger partial charge in [-0.3, -0.25) is 4.79 Å². The number of benzene rings is 1. The summed E-state index contributed by atoms with van der Waals surface area (Å²) in [5.74, 6) is 0.0885. The first-order chi connectivity index (χ1) is 7.66. The first-order valence-electron chi connectivity index (χ1n) is 4.98. The number of rotatable bonds is 3. The Bertz CT molecular complexity index is 516. The van der Waals surface area contributed by atoms with Crippen LogP contribution >= 0.6 is 22.9 Å². The Kier molecular flexibility index (Phi) is 3.42. The Labute approximate surface area is 104 Å². The van der Waals surface area contributed by atoms with Gasteiger partial charge >= 0.3 is 0 Å². The van der Waals surface area contributed by atoms with Gasteiger partial charge in [0.05, 0.1) is 9.90 Å². The van der Waals surface area contributed by atoms with Crippen molar-refractivity contribution in [2.24, 2.45) is 0 Å².